The van der Waals surface area contributed by atoms with Crippen molar-refractivity contribution in [2.75, 3.05) is 13.1 Å². The van der Waals surface area contributed by atoms with E-state index >= 15 is 0 Å². The first-order valence-corrected chi connectivity index (χ1v) is 13.3. The van der Waals surface area contributed by atoms with Crippen LogP contribution in [-0.4, -0.2) is 44.7 Å². The molecule has 0 N–H and O–H groups in total. The van der Waals surface area contributed by atoms with Gasteiger partial charge >= 0.3 is 0 Å². The van der Waals surface area contributed by atoms with Crippen molar-refractivity contribution in [1.29, 1.82) is 0 Å². The molecule has 0 bridgehead atoms. The first-order chi connectivity index (χ1) is 15.8. The molecule has 0 aliphatic rings. The summed E-state index contributed by atoms with van der Waals surface area (Å²) in [5, 5.41) is 0.760. The van der Waals surface area contributed by atoms with Crippen molar-refractivity contribution in [1.82, 2.24) is 23.2 Å². The SMILES string of the molecule is CCN(CC)S(=O)(=O)c1ccc2c(c1)nc(SCc1cc(=O)n3cc(C)ccc3n1)n2CC. The molecule has 1 aromatic carbocycles. The van der Waals surface area contributed by atoms with E-state index < -0.39 is 10.0 Å². The van der Waals surface area contributed by atoms with Crippen LogP contribution in [0.2, 0.25) is 0 Å². The van der Waals surface area contributed by atoms with Crippen molar-refractivity contribution < 1.29 is 8.42 Å². The quantitative estimate of drug-likeness (QED) is 0.354. The maximum Gasteiger partial charge on any atom is 0.258 e. The maximum absolute atomic E-state index is 12.9. The molecule has 0 saturated heterocycles. The number of nitrogens with zero attached hydrogens (tertiary/aromatic N) is 5. The summed E-state index contributed by atoms with van der Waals surface area (Å²) in [7, 11) is -3.56. The molecule has 0 spiro atoms. The van der Waals surface area contributed by atoms with E-state index in [4.69, 9.17) is 4.98 Å². The Morgan fingerprint density at radius 1 is 1.03 bits per heavy atom. The summed E-state index contributed by atoms with van der Waals surface area (Å²) in [4.78, 5) is 22.1. The highest BCUT2D eigenvalue weighted by atomic mass is 32.2. The first kappa shape index (κ1) is 23.5. The summed E-state index contributed by atoms with van der Waals surface area (Å²) in [6.07, 6.45) is 1.78. The van der Waals surface area contributed by atoms with Crippen molar-refractivity contribution in [3.63, 3.8) is 0 Å². The van der Waals surface area contributed by atoms with Gasteiger partial charge in [0.05, 0.1) is 21.6 Å². The Morgan fingerprint density at radius 3 is 2.48 bits per heavy atom. The van der Waals surface area contributed by atoms with Crippen LogP contribution in [0.4, 0.5) is 0 Å². The molecule has 0 aliphatic heterocycles. The molecular formula is C23H27N5O3S2. The van der Waals surface area contributed by atoms with Crippen molar-refractivity contribution in [3.8, 4) is 0 Å². The molecule has 0 fully saturated rings. The third-order valence-corrected chi connectivity index (χ3v) is 8.61. The lowest BCUT2D eigenvalue weighted by atomic mass is 10.3. The molecule has 4 rings (SSSR count). The van der Waals surface area contributed by atoms with E-state index in [1.807, 2.05) is 50.5 Å². The maximum atomic E-state index is 12.9. The van der Waals surface area contributed by atoms with Gasteiger partial charge in [-0.2, -0.15) is 4.31 Å². The second kappa shape index (κ2) is 9.28. The highest BCUT2D eigenvalue weighted by Gasteiger charge is 2.23. The van der Waals surface area contributed by atoms with Crippen LogP contribution in [0, 0.1) is 6.92 Å². The zero-order valence-corrected chi connectivity index (χ0v) is 20.8. The minimum Gasteiger partial charge on any atom is -0.319 e. The van der Waals surface area contributed by atoms with E-state index in [1.165, 1.54) is 16.1 Å². The number of benzene rings is 1. The number of imidazole rings is 1. The number of hydrogen-bond acceptors (Lipinski definition) is 6. The van der Waals surface area contributed by atoms with Gasteiger partial charge in [0, 0.05) is 37.7 Å². The fourth-order valence-corrected chi connectivity index (χ4v) is 6.30. The summed E-state index contributed by atoms with van der Waals surface area (Å²) in [6.45, 7) is 9.13. The van der Waals surface area contributed by atoms with Gasteiger partial charge in [0.1, 0.15) is 5.65 Å². The average molecular weight is 486 g/mol. The predicted molar refractivity (Wildman–Crippen MR) is 131 cm³/mol. The molecule has 4 aromatic rings. The van der Waals surface area contributed by atoms with Crippen LogP contribution in [0.15, 0.2) is 57.4 Å². The zero-order valence-electron chi connectivity index (χ0n) is 19.1. The van der Waals surface area contributed by atoms with Crippen LogP contribution in [0.3, 0.4) is 0 Å². The van der Waals surface area contributed by atoms with Gasteiger partial charge in [-0.3, -0.25) is 9.20 Å². The Labute approximate surface area is 197 Å². The molecular weight excluding hydrogens is 458 g/mol. The summed E-state index contributed by atoms with van der Waals surface area (Å²) < 4.78 is 30.9. The van der Waals surface area contributed by atoms with Crippen LogP contribution >= 0.6 is 11.8 Å². The summed E-state index contributed by atoms with van der Waals surface area (Å²) in [5.41, 5.74) is 3.67. The monoisotopic (exact) mass is 485 g/mol. The number of rotatable bonds is 8. The van der Waals surface area contributed by atoms with E-state index in [0.29, 0.717) is 42.2 Å². The number of pyridine rings is 1. The van der Waals surface area contributed by atoms with Crippen LogP contribution < -0.4 is 5.56 Å². The Hall–Kier alpha value is -2.69. The van der Waals surface area contributed by atoms with Gasteiger partial charge in [-0.25, -0.2) is 18.4 Å². The molecule has 0 atom stereocenters. The molecule has 8 nitrogen and oxygen atoms in total. The minimum atomic E-state index is -3.56. The van der Waals surface area contributed by atoms with Gasteiger partial charge < -0.3 is 4.57 Å². The van der Waals surface area contributed by atoms with Crippen LogP contribution in [0.1, 0.15) is 32.0 Å². The topological polar surface area (TPSA) is 89.6 Å². The lowest BCUT2D eigenvalue weighted by Crippen LogP contribution is -2.30. The van der Waals surface area contributed by atoms with Gasteiger partial charge in [-0.05, 0) is 43.7 Å². The number of hydrogen-bond donors (Lipinski definition) is 0. The number of thioether (sulfide) groups is 1. The Morgan fingerprint density at radius 2 is 1.79 bits per heavy atom. The molecule has 3 aromatic heterocycles. The van der Waals surface area contributed by atoms with Crippen LogP contribution in [-0.2, 0) is 22.3 Å². The number of fused-ring (bicyclic) bond motifs is 2. The molecule has 0 saturated carbocycles. The van der Waals surface area contributed by atoms with Crippen molar-refractivity contribution in [2.45, 2.75) is 50.0 Å². The van der Waals surface area contributed by atoms with Crippen molar-refractivity contribution >= 4 is 38.5 Å². The Balaban J connectivity index is 1.66. The molecule has 10 heteroatoms. The number of aromatic nitrogens is 4. The van der Waals surface area contributed by atoms with Crippen molar-refractivity contribution in [2.24, 2.45) is 0 Å². The lowest BCUT2D eigenvalue weighted by Gasteiger charge is -2.18. The van der Waals surface area contributed by atoms with Crippen LogP contribution in [0.25, 0.3) is 16.7 Å². The highest BCUT2D eigenvalue weighted by molar-refractivity contribution is 7.98. The second-order valence-electron chi connectivity index (χ2n) is 7.69. The standard InChI is InChI=1S/C23H27N5O3S2/c1-5-26(6-2)33(30,31)18-9-10-20-19(13-18)25-23(27(20)7-3)32-15-17-12-22(29)28-14-16(4)8-11-21(28)24-17/h8-14H,5-7,15H2,1-4H3. The fraction of sp³-hybridized carbons (Fsp3) is 0.348. The molecule has 0 amide bonds. The summed E-state index contributed by atoms with van der Waals surface area (Å²) in [5.74, 6) is 0.480. The zero-order chi connectivity index (χ0) is 23.8. The average Bonchev–Trinajstić information content (AvgIpc) is 3.15. The molecule has 33 heavy (non-hydrogen) atoms. The molecule has 174 valence electrons. The number of sulfonamides is 1. The Bertz CT molecular complexity index is 1490. The van der Waals surface area contributed by atoms with Crippen molar-refractivity contribution in [3.05, 3.63) is 64.2 Å². The predicted octanol–water partition coefficient (Wildman–Crippen LogP) is 3.70. The highest BCUT2D eigenvalue weighted by Crippen LogP contribution is 2.28. The van der Waals surface area contributed by atoms with E-state index in [9.17, 15) is 13.2 Å². The third kappa shape index (κ3) is 4.42. The van der Waals surface area contributed by atoms with Gasteiger partial charge in [-0.1, -0.05) is 31.7 Å². The number of aryl methyl sites for hydroxylation is 2. The largest absolute Gasteiger partial charge is 0.319 e. The molecule has 3 heterocycles. The van der Waals surface area contributed by atoms with Gasteiger partial charge in [0.25, 0.3) is 5.56 Å². The van der Waals surface area contributed by atoms with E-state index in [1.54, 1.807) is 28.8 Å². The van der Waals surface area contributed by atoms with Crippen LogP contribution in [0.5, 0.6) is 0 Å². The first-order valence-electron chi connectivity index (χ1n) is 10.9. The molecule has 0 radical (unpaired) electrons. The molecule has 0 unspecified atom stereocenters. The smallest absolute Gasteiger partial charge is 0.258 e. The summed E-state index contributed by atoms with van der Waals surface area (Å²) in [6, 6.07) is 10.4. The lowest BCUT2D eigenvalue weighted by molar-refractivity contribution is 0.445. The van der Waals surface area contributed by atoms with Gasteiger partial charge in [-0.15, -0.1) is 0 Å². The van der Waals surface area contributed by atoms with Gasteiger partial charge in [0.2, 0.25) is 10.0 Å². The fourth-order valence-electron chi connectivity index (χ4n) is 3.85. The Kier molecular flexibility index (Phi) is 6.60. The third-order valence-electron chi connectivity index (χ3n) is 5.55. The normalized spacial score (nSPS) is 12.3. The van der Waals surface area contributed by atoms with E-state index in [-0.39, 0.29) is 10.5 Å². The second-order valence-corrected chi connectivity index (χ2v) is 10.6. The molecule has 0 aliphatic carbocycles. The summed E-state index contributed by atoms with van der Waals surface area (Å²) >= 11 is 1.48. The van der Waals surface area contributed by atoms with Gasteiger partial charge in [0.15, 0.2) is 5.16 Å². The van der Waals surface area contributed by atoms with E-state index in [0.717, 1.165) is 16.2 Å². The minimum absolute atomic E-state index is 0.116. The van der Waals surface area contributed by atoms with E-state index in [2.05, 4.69) is 4.98 Å².